The van der Waals surface area contributed by atoms with Gasteiger partial charge in [0.2, 0.25) is 0 Å². The Morgan fingerprint density at radius 3 is 2.82 bits per heavy atom. The summed E-state index contributed by atoms with van der Waals surface area (Å²) >= 11 is 0. The monoisotopic (exact) mass is 157 g/mol. The van der Waals surface area contributed by atoms with Crippen molar-refractivity contribution < 1.29 is 9.90 Å². The number of carbonyl (C=O) groups excluding carboxylic acids is 1. The van der Waals surface area contributed by atoms with Gasteiger partial charge >= 0.3 is 0 Å². The lowest BCUT2D eigenvalue weighted by Crippen LogP contribution is -2.38. The Balaban J connectivity index is 2.54. The number of aliphatic hydroxyl groups is 1. The second-order valence-corrected chi connectivity index (χ2v) is 2.95. The van der Waals surface area contributed by atoms with Gasteiger partial charge in [-0.25, -0.2) is 0 Å². The van der Waals surface area contributed by atoms with E-state index in [0.29, 0.717) is 0 Å². The number of likely N-dealkylation sites (N-methyl/N-ethyl adjacent to an activating group) is 1. The van der Waals surface area contributed by atoms with Crippen LogP contribution in [0, 0.1) is 0 Å². The number of hydrogen-bond acceptors (Lipinski definition) is 3. The van der Waals surface area contributed by atoms with Crippen LogP contribution >= 0.6 is 0 Å². The zero-order chi connectivity index (χ0) is 8.27. The highest BCUT2D eigenvalue weighted by atomic mass is 16.3. The lowest BCUT2D eigenvalue weighted by atomic mass is 10.2. The standard InChI is InChI=1S/C8H15NO2/c1-2-9-7(5-10)3-4-8(9)6-11/h5,7-8,11H,2-4,6H2,1H3. The molecule has 3 heteroatoms. The molecule has 2 atom stereocenters. The number of likely N-dealkylation sites (tertiary alicyclic amines) is 1. The zero-order valence-corrected chi connectivity index (χ0v) is 6.86. The summed E-state index contributed by atoms with van der Waals surface area (Å²) in [4.78, 5) is 12.6. The fourth-order valence-electron chi connectivity index (χ4n) is 1.80. The molecule has 1 fully saturated rings. The van der Waals surface area contributed by atoms with E-state index in [2.05, 4.69) is 4.90 Å². The fourth-order valence-corrected chi connectivity index (χ4v) is 1.80. The maximum Gasteiger partial charge on any atom is 0.137 e. The molecule has 0 radical (unpaired) electrons. The van der Waals surface area contributed by atoms with Gasteiger partial charge in [0.05, 0.1) is 12.6 Å². The quantitative estimate of drug-likeness (QED) is 0.588. The molecule has 0 amide bonds. The maximum absolute atomic E-state index is 10.5. The van der Waals surface area contributed by atoms with Crippen LogP contribution in [0.15, 0.2) is 0 Å². The first-order valence-electron chi connectivity index (χ1n) is 4.15. The van der Waals surface area contributed by atoms with E-state index in [1.165, 1.54) is 0 Å². The smallest absolute Gasteiger partial charge is 0.137 e. The molecular formula is C8H15NO2. The van der Waals surface area contributed by atoms with Crippen LogP contribution in [-0.4, -0.2) is 41.5 Å². The van der Waals surface area contributed by atoms with Crippen LogP contribution in [0.3, 0.4) is 0 Å². The number of aliphatic hydroxyl groups excluding tert-OH is 1. The summed E-state index contributed by atoms with van der Waals surface area (Å²) in [5.41, 5.74) is 0. The van der Waals surface area contributed by atoms with Gasteiger partial charge in [-0.15, -0.1) is 0 Å². The minimum Gasteiger partial charge on any atom is -0.395 e. The Hall–Kier alpha value is -0.410. The van der Waals surface area contributed by atoms with Crippen molar-refractivity contribution in [3.05, 3.63) is 0 Å². The topological polar surface area (TPSA) is 40.5 Å². The summed E-state index contributed by atoms with van der Waals surface area (Å²) in [5.74, 6) is 0. The molecule has 2 unspecified atom stereocenters. The van der Waals surface area contributed by atoms with Gasteiger partial charge < -0.3 is 9.90 Å². The van der Waals surface area contributed by atoms with E-state index in [4.69, 9.17) is 5.11 Å². The molecular weight excluding hydrogens is 142 g/mol. The van der Waals surface area contributed by atoms with E-state index < -0.39 is 0 Å². The van der Waals surface area contributed by atoms with Gasteiger partial charge in [0.15, 0.2) is 0 Å². The predicted octanol–water partition coefficient (Wildman–Crippen LogP) is 0.0305. The molecule has 0 aliphatic carbocycles. The van der Waals surface area contributed by atoms with Crippen LogP contribution < -0.4 is 0 Å². The number of rotatable bonds is 3. The fraction of sp³-hybridized carbons (Fsp3) is 0.875. The van der Waals surface area contributed by atoms with E-state index in [-0.39, 0.29) is 18.7 Å². The third-order valence-electron chi connectivity index (χ3n) is 2.42. The molecule has 0 aromatic heterocycles. The van der Waals surface area contributed by atoms with Crippen LogP contribution in [-0.2, 0) is 4.79 Å². The SMILES string of the molecule is CCN1C(C=O)CCC1CO. The molecule has 1 rings (SSSR count). The average Bonchev–Trinajstić information content (AvgIpc) is 2.45. The highest BCUT2D eigenvalue weighted by Gasteiger charge is 2.30. The Bertz CT molecular complexity index is 138. The van der Waals surface area contributed by atoms with Crippen LogP contribution in [0.5, 0.6) is 0 Å². The summed E-state index contributed by atoms with van der Waals surface area (Å²) in [6.07, 6.45) is 2.84. The molecule has 1 heterocycles. The molecule has 64 valence electrons. The minimum absolute atomic E-state index is 0.0529. The third kappa shape index (κ3) is 1.60. The summed E-state index contributed by atoms with van der Waals surface area (Å²) in [6.45, 7) is 3.05. The summed E-state index contributed by atoms with van der Waals surface area (Å²) in [7, 11) is 0. The first kappa shape index (κ1) is 8.68. The van der Waals surface area contributed by atoms with Crippen molar-refractivity contribution in [1.29, 1.82) is 0 Å². The molecule has 3 nitrogen and oxygen atoms in total. The van der Waals surface area contributed by atoms with Gasteiger partial charge in [-0.05, 0) is 19.4 Å². The highest BCUT2D eigenvalue weighted by Crippen LogP contribution is 2.21. The Morgan fingerprint density at radius 2 is 2.36 bits per heavy atom. The lowest BCUT2D eigenvalue weighted by Gasteiger charge is -2.23. The molecule has 1 N–H and O–H groups in total. The van der Waals surface area contributed by atoms with E-state index in [9.17, 15) is 4.79 Å². The maximum atomic E-state index is 10.5. The highest BCUT2D eigenvalue weighted by molar-refractivity contribution is 5.58. The van der Waals surface area contributed by atoms with E-state index in [1.54, 1.807) is 0 Å². The van der Waals surface area contributed by atoms with Gasteiger partial charge in [0.1, 0.15) is 6.29 Å². The average molecular weight is 157 g/mol. The minimum atomic E-state index is 0.0529. The molecule has 1 aliphatic rings. The number of aldehydes is 1. The largest absolute Gasteiger partial charge is 0.395 e. The molecule has 0 saturated carbocycles. The molecule has 0 spiro atoms. The van der Waals surface area contributed by atoms with Gasteiger partial charge in [-0.2, -0.15) is 0 Å². The molecule has 0 aromatic carbocycles. The molecule has 0 bridgehead atoms. The van der Waals surface area contributed by atoms with Crippen LogP contribution in [0.25, 0.3) is 0 Å². The summed E-state index contributed by atoms with van der Waals surface area (Å²) in [5, 5.41) is 8.92. The third-order valence-corrected chi connectivity index (χ3v) is 2.42. The predicted molar refractivity (Wildman–Crippen MR) is 42.3 cm³/mol. The van der Waals surface area contributed by atoms with Crippen LogP contribution in [0.2, 0.25) is 0 Å². The number of carbonyl (C=O) groups is 1. The van der Waals surface area contributed by atoms with Crippen molar-refractivity contribution in [2.75, 3.05) is 13.2 Å². The first-order valence-corrected chi connectivity index (χ1v) is 4.15. The molecule has 1 saturated heterocycles. The normalized spacial score (nSPS) is 32.5. The van der Waals surface area contributed by atoms with Crippen molar-refractivity contribution in [2.24, 2.45) is 0 Å². The summed E-state index contributed by atoms with van der Waals surface area (Å²) < 4.78 is 0. The Kier molecular flexibility index (Phi) is 3.02. The second-order valence-electron chi connectivity index (χ2n) is 2.95. The number of hydrogen-bond donors (Lipinski definition) is 1. The second kappa shape index (κ2) is 3.83. The van der Waals surface area contributed by atoms with E-state index in [1.807, 2.05) is 6.92 Å². The molecule has 0 aromatic rings. The van der Waals surface area contributed by atoms with Gasteiger partial charge in [0.25, 0.3) is 0 Å². The summed E-state index contributed by atoms with van der Waals surface area (Å²) in [6, 6.07) is 0.271. The number of nitrogens with zero attached hydrogens (tertiary/aromatic N) is 1. The van der Waals surface area contributed by atoms with Crippen LogP contribution in [0.4, 0.5) is 0 Å². The lowest BCUT2D eigenvalue weighted by molar-refractivity contribution is -0.112. The van der Waals surface area contributed by atoms with Gasteiger partial charge in [0, 0.05) is 6.04 Å². The van der Waals surface area contributed by atoms with Crippen molar-refractivity contribution >= 4 is 6.29 Å². The van der Waals surface area contributed by atoms with Crippen molar-refractivity contribution in [3.63, 3.8) is 0 Å². The van der Waals surface area contributed by atoms with E-state index in [0.717, 1.165) is 25.7 Å². The molecule has 11 heavy (non-hydrogen) atoms. The van der Waals surface area contributed by atoms with E-state index >= 15 is 0 Å². The van der Waals surface area contributed by atoms with Crippen LogP contribution in [0.1, 0.15) is 19.8 Å². The first-order chi connectivity index (χ1) is 5.33. The van der Waals surface area contributed by atoms with Crippen molar-refractivity contribution in [2.45, 2.75) is 31.8 Å². The molecule has 1 aliphatic heterocycles. The van der Waals surface area contributed by atoms with Crippen molar-refractivity contribution in [1.82, 2.24) is 4.90 Å². The Labute approximate surface area is 67.0 Å². The Morgan fingerprint density at radius 1 is 1.64 bits per heavy atom. The van der Waals surface area contributed by atoms with Crippen molar-refractivity contribution in [3.8, 4) is 0 Å². The van der Waals surface area contributed by atoms with Gasteiger partial charge in [-0.1, -0.05) is 6.92 Å². The zero-order valence-electron chi connectivity index (χ0n) is 6.86. The van der Waals surface area contributed by atoms with Gasteiger partial charge in [-0.3, -0.25) is 4.90 Å².